The Bertz CT molecular complexity index is 535. The normalized spacial score (nSPS) is 19.5. The molecule has 2 N–H and O–H groups in total. The average molecular weight is 293 g/mol. The first-order chi connectivity index (χ1) is 9.31. The van der Waals surface area contributed by atoms with Crippen LogP contribution in [0.4, 0.5) is 5.69 Å². The van der Waals surface area contributed by atoms with E-state index in [4.69, 9.17) is 10.3 Å². The molecule has 1 atom stereocenters. The predicted octanol–water partition coefficient (Wildman–Crippen LogP) is 2.76. The van der Waals surface area contributed by atoms with E-state index in [2.05, 4.69) is 10.1 Å². The summed E-state index contributed by atoms with van der Waals surface area (Å²) in [5.41, 5.74) is 7.57. The highest BCUT2D eigenvalue weighted by Crippen LogP contribution is 2.35. The minimum Gasteiger partial charge on any atom is -0.399 e. The van der Waals surface area contributed by atoms with Gasteiger partial charge in [-0.2, -0.15) is 16.7 Å². The standard InChI is InChI=1S/C13H15N3OS2/c14-10-3-1-9(2-4-10)7-12-15-13(16-17-12)11-8-18-5-6-19-11/h1-4,11H,5-8,14H2. The first-order valence-electron chi connectivity index (χ1n) is 6.17. The molecule has 0 aliphatic carbocycles. The highest BCUT2D eigenvalue weighted by molar-refractivity contribution is 8.06. The van der Waals surface area contributed by atoms with Crippen molar-refractivity contribution in [3.05, 3.63) is 41.5 Å². The van der Waals surface area contributed by atoms with E-state index in [1.54, 1.807) is 0 Å². The van der Waals surface area contributed by atoms with Crippen LogP contribution in [-0.2, 0) is 6.42 Å². The molecule has 100 valence electrons. The van der Waals surface area contributed by atoms with Gasteiger partial charge in [0.2, 0.25) is 5.89 Å². The van der Waals surface area contributed by atoms with E-state index in [0.717, 1.165) is 28.6 Å². The SMILES string of the molecule is Nc1ccc(Cc2nc(C3CSCCS3)no2)cc1. The minimum atomic E-state index is 0.377. The second-order valence-electron chi connectivity index (χ2n) is 4.40. The summed E-state index contributed by atoms with van der Waals surface area (Å²) >= 11 is 3.87. The van der Waals surface area contributed by atoms with Crippen molar-refractivity contribution in [2.45, 2.75) is 11.7 Å². The molecule has 6 heteroatoms. The van der Waals surface area contributed by atoms with Crippen LogP contribution in [0.3, 0.4) is 0 Å². The van der Waals surface area contributed by atoms with E-state index >= 15 is 0 Å². The maximum absolute atomic E-state index is 5.67. The third-order valence-corrected chi connectivity index (χ3v) is 5.67. The van der Waals surface area contributed by atoms with Gasteiger partial charge in [-0.1, -0.05) is 17.3 Å². The Morgan fingerprint density at radius 2 is 2.11 bits per heavy atom. The molecule has 1 fully saturated rings. The van der Waals surface area contributed by atoms with Gasteiger partial charge < -0.3 is 10.3 Å². The summed E-state index contributed by atoms with van der Waals surface area (Å²) in [7, 11) is 0. The van der Waals surface area contributed by atoms with Gasteiger partial charge in [0.15, 0.2) is 5.82 Å². The molecule has 19 heavy (non-hydrogen) atoms. The van der Waals surface area contributed by atoms with Gasteiger partial charge in [0.1, 0.15) is 0 Å². The molecule has 0 saturated carbocycles. The van der Waals surface area contributed by atoms with Crippen molar-refractivity contribution < 1.29 is 4.52 Å². The lowest BCUT2D eigenvalue weighted by atomic mass is 10.1. The van der Waals surface area contributed by atoms with E-state index in [9.17, 15) is 0 Å². The van der Waals surface area contributed by atoms with Crippen molar-refractivity contribution in [1.29, 1.82) is 0 Å². The number of nitrogen functional groups attached to an aromatic ring is 1. The van der Waals surface area contributed by atoms with E-state index < -0.39 is 0 Å². The second kappa shape index (κ2) is 5.88. The molecule has 1 unspecified atom stereocenters. The molecule has 0 amide bonds. The van der Waals surface area contributed by atoms with Crippen LogP contribution in [0.1, 0.15) is 22.5 Å². The fourth-order valence-corrected chi connectivity index (χ4v) is 4.51. The van der Waals surface area contributed by atoms with Crippen LogP contribution in [-0.4, -0.2) is 27.4 Å². The zero-order valence-electron chi connectivity index (χ0n) is 10.4. The number of hydrogen-bond donors (Lipinski definition) is 1. The summed E-state index contributed by atoms with van der Waals surface area (Å²) in [4.78, 5) is 4.51. The van der Waals surface area contributed by atoms with Gasteiger partial charge >= 0.3 is 0 Å². The van der Waals surface area contributed by atoms with Crippen LogP contribution in [0.5, 0.6) is 0 Å². The van der Waals surface area contributed by atoms with Gasteiger partial charge in [-0.3, -0.25) is 0 Å². The second-order valence-corrected chi connectivity index (χ2v) is 6.86. The van der Waals surface area contributed by atoms with E-state index in [1.807, 2.05) is 47.8 Å². The van der Waals surface area contributed by atoms with Crippen molar-refractivity contribution in [2.24, 2.45) is 0 Å². The third-order valence-electron chi connectivity index (χ3n) is 2.92. The number of benzene rings is 1. The molecule has 1 aliphatic rings. The maximum Gasteiger partial charge on any atom is 0.231 e. The molecular formula is C13H15N3OS2. The summed E-state index contributed by atoms with van der Waals surface area (Å²) in [5.74, 6) is 4.97. The minimum absolute atomic E-state index is 0.377. The van der Waals surface area contributed by atoms with Crippen LogP contribution in [0, 0.1) is 0 Å². The Labute approximate surface area is 120 Å². The number of nitrogens with two attached hydrogens (primary N) is 1. The van der Waals surface area contributed by atoms with Crippen LogP contribution in [0.15, 0.2) is 28.8 Å². The lowest BCUT2D eigenvalue weighted by molar-refractivity contribution is 0.379. The summed E-state index contributed by atoms with van der Waals surface area (Å²) in [6.45, 7) is 0. The fourth-order valence-electron chi connectivity index (χ4n) is 1.92. The summed E-state index contributed by atoms with van der Waals surface area (Å²) in [5, 5.41) is 4.49. The van der Waals surface area contributed by atoms with Gasteiger partial charge in [-0.05, 0) is 17.7 Å². The Morgan fingerprint density at radius 3 is 2.84 bits per heavy atom. The van der Waals surface area contributed by atoms with Gasteiger partial charge in [0.05, 0.1) is 11.7 Å². The van der Waals surface area contributed by atoms with E-state index in [0.29, 0.717) is 17.6 Å². The molecule has 0 radical (unpaired) electrons. The molecule has 1 aromatic heterocycles. The Hall–Kier alpha value is -1.14. The molecule has 1 saturated heterocycles. The molecule has 3 rings (SSSR count). The van der Waals surface area contributed by atoms with Crippen molar-refractivity contribution in [3.63, 3.8) is 0 Å². The van der Waals surface area contributed by atoms with Crippen LogP contribution >= 0.6 is 23.5 Å². The van der Waals surface area contributed by atoms with Crippen LogP contribution in [0.2, 0.25) is 0 Å². The largest absolute Gasteiger partial charge is 0.399 e. The number of aromatic nitrogens is 2. The third kappa shape index (κ3) is 3.25. The summed E-state index contributed by atoms with van der Waals surface area (Å²) in [6, 6.07) is 7.76. The zero-order valence-corrected chi connectivity index (χ0v) is 12.0. The maximum atomic E-state index is 5.67. The van der Waals surface area contributed by atoms with Crippen molar-refractivity contribution in [2.75, 3.05) is 23.0 Å². The van der Waals surface area contributed by atoms with Crippen molar-refractivity contribution in [3.8, 4) is 0 Å². The topological polar surface area (TPSA) is 64.9 Å². The first kappa shape index (κ1) is 12.9. The fraction of sp³-hybridized carbons (Fsp3) is 0.385. The van der Waals surface area contributed by atoms with Gasteiger partial charge in [0, 0.05) is 22.9 Å². The highest BCUT2D eigenvalue weighted by atomic mass is 32.2. The number of anilines is 1. The van der Waals surface area contributed by atoms with Crippen LogP contribution in [0.25, 0.3) is 0 Å². The highest BCUT2D eigenvalue weighted by Gasteiger charge is 2.21. The smallest absolute Gasteiger partial charge is 0.231 e. The summed E-state index contributed by atoms with van der Waals surface area (Å²) < 4.78 is 5.34. The molecule has 1 aliphatic heterocycles. The zero-order chi connectivity index (χ0) is 13.1. The number of rotatable bonds is 3. The number of nitrogens with zero attached hydrogens (tertiary/aromatic N) is 2. The molecule has 2 aromatic rings. The van der Waals surface area contributed by atoms with E-state index in [1.165, 1.54) is 5.75 Å². The van der Waals surface area contributed by atoms with Crippen LogP contribution < -0.4 is 5.73 Å². The Morgan fingerprint density at radius 1 is 1.26 bits per heavy atom. The molecule has 0 bridgehead atoms. The van der Waals surface area contributed by atoms with E-state index in [-0.39, 0.29) is 0 Å². The average Bonchev–Trinajstić information content (AvgIpc) is 2.91. The Balaban J connectivity index is 1.68. The van der Waals surface area contributed by atoms with Gasteiger partial charge in [-0.25, -0.2) is 0 Å². The lowest BCUT2D eigenvalue weighted by Gasteiger charge is -2.16. The molecular weight excluding hydrogens is 278 g/mol. The molecule has 1 aromatic carbocycles. The monoisotopic (exact) mass is 293 g/mol. The van der Waals surface area contributed by atoms with Gasteiger partial charge in [-0.15, -0.1) is 11.8 Å². The summed E-state index contributed by atoms with van der Waals surface area (Å²) in [6.07, 6.45) is 0.664. The van der Waals surface area contributed by atoms with Crippen molar-refractivity contribution in [1.82, 2.24) is 10.1 Å². The lowest BCUT2D eigenvalue weighted by Crippen LogP contribution is -2.08. The Kier molecular flexibility index (Phi) is 3.98. The first-order valence-corrected chi connectivity index (χ1v) is 8.38. The molecule has 2 heterocycles. The molecule has 0 spiro atoms. The quantitative estimate of drug-likeness (QED) is 0.878. The van der Waals surface area contributed by atoms with Gasteiger partial charge in [0.25, 0.3) is 0 Å². The predicted molar refractivity (Wildman–Crippen MR) is 80.5 cm³/mol. The number of hydrogen-bond acceptors (Lipinski definition) is 6. The number of thioether (sulfide) groups is 2. The molecule has 4 nitrogen and oxygen atoms in total. The van der Waals surface area contributed by atoms with Crippen molar-refractivity contribution >= 4 is 29.2 Å².